The number of carbonyl (C=O) groups excluding carboxylic acids is 1. The molecule has 1 aliphatic rings. The molecule has 3 N–H and O–H groups in total. The van der Waals surface area contributed by atoms with E-state index in [0.29, 0.717) is 13.0 Å². The van der Waals surface area contributed by atoms with Crippen molar-refractivity contribution in [2.24, 2.45) is 5.41 Å². The quantitative estimate of drug-likeness (QED) is 0.763. The summed E-state index contributed by atoms with van der Waals surface area (Å²) >= 11 is 0. The van der Waals surface area contributed by atoms with E-state index < -0.39 is 0 Å². The van der Waals surface area contributed by atoms with Crippen LogP contribution in [-0.2, 0) is 11.2 Å². The minimum absolute atomic E-state index is 0.0621. The molecule has 0 spiro atoms. The van der Waals surface area contributed by atoms with Gasteiger partial charge < -0.3 is 15.4 Å². The summed E-state index contributed by atoms with van der Waals surface area (Å²) in [6.45, 7) is 2.90. The Kier molecular flexibility index (Phi) is 3.72. The molecule has 0 unspecified atom stereocenters. The van der Waals surface area contributed by atoms with E-state index in [4.69, 9.17) is 5.11 Å². The van der Waals surface area contributed by atoms with Gasteiger partial charge in [0, 0.05) is 29.7 Å². The van der Waals surface area contributed by atoms with E-state index in [9.17, 15) is 4.79 Å². The van der Waals surface area contributed by atoms with E-state index in [1.165, 1.54) is 0 Å². The van der Waals surface area contributed by atoms with Gasteiger partial charge in [-0.25, -0.2) is 0 Å². The molecule has 1 aromatic carbocycles. The molecule has 2 aromatic rings. The van der Waals surface area contributed by atoms with Crippen LogP contribution in [0.4, 0.5) is 0 Å². The number of amides is 1. The number of fused-ring (bicyclic) bond motifs is 1. The molecule has 1 aliphatic carbocycles. The molecule has 1 saturated carbocycles. The van der Waals surface area contributed by atoms with E-state index in [1.807, 2.05) is 25.1 Å². The Balaban J connectivity index is 1.65. The number of aliphatic hydroxyl groups is 1. The number of nitrogens with one attached hydrogen (secondary N) is 2. The zero-order valence-electron chi connectivity index (χ0n) is 12.4. The minimum atomic E-state index is 0.0621. The van der Waals surface area contributed by atoms with E-state index in [2.05, 4.69) is 16.4 Å². The lowest BCUT2D eigenvalue weighted by molar-refractivity contribution is -0.120. The second kappa shape index (κ2) is 5.53. The Labute approximate surface area is 124 Å². The molecule has 21 heavy (non-hydrogen) atoms. The van der Waals surface area contributed by atoms with Crippen LogP contribution in [0.1, 0.15) is 30.5 Å². The summed E-state index contributed by atoms with van der Waals surface area (Å²) in [4.78, 5) is 15.5. The normalized spacial score (nSPS) is 16.1. The Bertz CT molecular complexity index is 656. The Morgan fingerprint density at radius 2 is 2.14 bits per heavy atom. The number of aliphatic hydroxyl groups excluding tert-OH is 1. The first kappa shape index (κ1) is 14.1. The zero-order valence-corrected chi connectivity index (χ0v) is 12.4. The highest BCUT2D eigenvalue weighted by Gasteiger charge is 2.41. The highest BCUT2D eigenvalue weighted by atomic mass is 16.3. The SMILES string of the molecule is Cc1[nH]c2ccccc2c1CC(=O)NCC1(CCO)CC1. The van der Waals surface area contributed by atoms with Crippen molar-refractivity contribution in [2.75, 3.05) is 13.2 Å². The van der Waals surface area contributed by atoms with Crippen LogP contribution in [0.3, 0.4) is 0 Å². The molecular formula is C17H22N2O2. The molecule has 0 bridgehead atoms. The topological polar surface area (TPSA) is 65.1 Å². The predicted molar refractivity (Wildman–Crippen MR) is 83.1 cm³/mol. The number of aryl methyl sites for hydroxylation is 1. The van der Waals surface area contributed by atoms with Crippen LogP contribution >= 0.6 is 0 Å². The molecular weight excluding hydrogens is 264 g/mol. The van der Waals surface area contributed by atoms with Crippen molar-refractivity contribution in [2.45, 2.75) is 32.6 Å². The van der Waals surface area contributed by atoms with Crippen LogP contribution in [-0.4, -0.2) is 29.1 Å². The Morgan fingerprint density at radius 1 is 1.38 bits per heavy atom. The number of hydrogen-bond donors (Lipinski definition) is 3. The van der Waals surface area contributed by atoms with Crippen molar-refractivity contribution < 1.29 is 9.90 Å². The van der Waals surface area contributed by atoms with Crippen LogP contribution in [0.15, 0.2) is 24.3 Å². The monoisotopic (exact) mass is 286 g/mol. The second-order valence-corrected chi connectivity index (χ2v) is 6.20. The highest BCUT2D eigenvalue weighted by molar-refractivity contribution is 5.90. The molecule has 4 heteroatoms. The first-order valence-electron chi connectivity index (χ1n) is 7.57. The largest absolute Gasteiger partial charge is 0.396 e. The van der Waals surface area contributed by atoms with Crippen LogP contribution in [0.2, 0.25) is 0 Å². The van der Waals surface area contributed by atoms with Crippen molar-refractivity contribution >= 4 is 16.8 Å². The second-order valence-electron chi connectivity index (χ2n) is 6.20. The molecule has 1 amide bonds. The number of aromatic amines is 1. The van der Waals surface area contributed by atoms with E-state index in [1.54, 1.807) is 0 Å². The van der Waals surface area contributed by atoms with Gasteiger partial charge in [0.1, 0.15) is 0 Å². The average molecular weight is 286 g/mol. The average Bonchev–Trinajstić information content (AvgIpc) is 3.17. The molecule has 0 aliphatic heterocycles. The van der Waals surface area contributed by atoms with Gasteiger partial charge in [-0.05, 0) is 43.2 Å². The lowest BCUT2D eigenvalue weighted by Gasteiger charge is -2.14. The van der Waals surface area contributed by atoms with Crippen LogP contribution < -0.4 is 5.32 Å². The molecule has 0 saturated heterocycles. The summed E-state index contributed by atoms with van der Waals surface area (Å²) in [5.41, 5.74) is 3.38. The predicted octanol–water partition coefficient (Wildman–Crippen LogP) is 2.30. The molecule has 3 rings (SSSR count). The molecule has 1 heterocycles. The summed E-state index contributed by atoms with van der Waals surface area (Å²) in [6, 6.07) is 8.07. The third-order valence-electron chi connectivity index (χ3n) is 4.62. The first-order valence-corrected chi connectivity index (χ1v) is 7.57. The maximum absolute atomic E-state index is 12.2. The van der Waals surface area contributed by atoms with Crippen molar-refractivity contribution in [1.82, 2.24) is 10.3 Å². The smallest absolute Gasteiger partial charge is 0.224 e. The number of H-pyrrole nitrogens is 1. The maximum atomic E-state index is 12.2. The number of para-hydroxylation sites is 1. The van der Waals surface area contributed by atoms with Gasteiger partial charge in [-0.1, -0.05) is 18.2 Å². The molecule has 1 fully saturated rings. The third-order valence-corrected chi connectivity index (χ3v) is 4.62. The van der Waals surface area contributed by atoms with Gasteiger partial charge in [0.05, 0.1) is 6.42 Å². The number of rotatable bonds is 6. The van der Waals surface area contributed by atoms with E-state index >= 15 is 0 Å². The van der Waals surface area contributed by atoms with Gasteiger partial charge in [0.15, 0.2) is 0 Å². The van der Waals surface area contributed by atoms with Gasteiger partial charge in [-0.15, -0.1) is 0 Å². The first-order chi connectivity index (χ1) is 10.1. The van der Waals surface area contributed by atoms with Crippen LogP contribution in [0, 0.1) is 12.3 Å². The van der Waals surface area contributed by atoms with Gasteiger partial charge in [0.2, 0.25) is 5.91 Å². The third kappa shape index (κ3) is 2.95. The zero-order chi connectivity index (χ0) is 14.9. The van der Waals surface area contributed by atoms with Gasteiger partial charge in [-0.2, -0.15) is 0 Å². The Morgan fingerprint density at radius 3 is 2.86 bits per heavy atom. The van der Waals surface area contributed by atoms with Gasteiger partial charge >= 0.3 is 0 Å². The standard InChI is InChI=1S/C17H22N2O2/c1-12-14(13-4-2-3-5-15(13)19-12)10-16(21)18-11-17(6-7-17)8-9-20/h2-5,19-20H,6-11H2,1H3,(H,18,21). The van der Waals surface area contributed by atoms with Gasteiger partial charge in [-0.3, -0.25) is 4.79 Å². The number of carbonyl (C=O) groups is 1. The highest BCUT2D eigenvalue weighted by Crippen LogP contribution is 2.47. The van der Waals surface area contributed by atoms with E-state index in [0.717, 1.165) is 41.4 Å². The fraction of sp³-hybridized carbons (Fsp3) is 0.471. The summed E-state index contributed by atoms with van der Waals surface area (Å²) in [5.74, 6) is 0.0621. The van der Waals surface area contributed by atoms with E-state index in [-0.39, 0.29) is 17.9 Å². The Hall–Kier alpha value is -1.81. The van der Waals surface area contributed by atoms with Crippen molar-refractivity contribution in [3.8, 4) is 0 Å². The van der Waals surface area contributed by atoms with Crippen molar-refractivity contribution in [3.63, 3.8) is 0 Å². The van der Waals surface area contributed by atoms with Gasteiger partial charge in [0.25, 0.3) is 0 Å². The molecule has 4 nitrogen and oxygen atoms in total. The molecule has 112 valence electrons. The molecule has 1 aromatic heterocycles. The van der Waals surface area contributed by atoms with Crippen LogP contribution in [0.5, 0.6) is 0 Å². The minimum Gasteiger partial charge on any atom is -0.396 e. The lowest BCUT2D eigenvalue weighted by Crippen LogP contribution is -2.31. The van der Waals surface area contributed by atoms with Crippen molar-refractivity contribution in [1.29, 1.82) is 0 Å². The fourth-order valence-corrected chi connectivity index (χ4v) is 3.00. The summed E-state index contributed by atoms with van der Waals surface area (Å²) in [5, 5.41) is 13.2. The summed E-state index contributed by atoms with van der Waals surface area (Å²) in [7, 11) is 0. The molecule has 0 atom stereocenters. The lowest BCUT2D eigenvalue weighted by atomic mass is 10.0. The van der Waals surface area contributed by atoms with Crippen LogP contribution in [0.25, 0.3) is 10.9 Å². The maximum Gasteiger partial charge on any atom is 0.224 e. The summed E-state index contributed by atoms with van der Waals surface area (Å²) < 4.78 is 0. The fourth-order valence-electron chi connectivity index (χ4n) is 3.00. The molecule has 0 radical (unpaired) electrons. The number of aromatic nitrogens is 1. The van der Waals surface area contributed by atoms with Crippen molar-refractivity contribution in [3.05, 3.63) is 35.5 Å². The summed E-state index contributed by atoms with van der Waals surface area (Å²) in [6.07, 6.45) is 3.42. The number of benzene rings is 1. The number of hydrogen-bond acceptors (Lipinski definition) is 2.